The normalized spacial score (nSPS) is 8.65. The Morgan fingerprint density at radius 1 is 0.729 bits per heavy atom. The number of anilines is 1. The molecule has 3 aromatic carbocycles. The van der Waals surface area contributed by atoms with E-state index in [0.29, 0.717) is 12.1 Å². The summed E-state index contributed by atoms with van der Waals surface area (Å²) in [4.78, 5) is 47.5. The van der Waals surface area contributed by atoms with Crippen LogP contribution in [0.4, 0.5) is 17.1 Å². The second-order valence-electron chi connectivity index (χ2n) is 9.80. The van der Waals surface area contributed by atoms with Crippen LogP contribution in [-0.4, -0.2) is 67.2 Å². The molecule has 0 aliphatic rings. The van der Waals surface area contributed by atoms with Crippen LogP contribution in [0.3, 0.4) is 0 Å². The Hall–Kier alpha value is -5.22. The highest BCUT2D eigenvalue weighted by molar-refractivity contribution is 5.74. The van der Waals surface area contributed by atoms with E-state index in [4.69, 9.17) is 5.53 Å². The van der Waals surface area contributed by atoms with Gasteiger partial charge in [0.1, 0.15) is 0 Å². The average molecular weight is 666 g/mol. The van der Waals surface area contributed by atoms with Crippen LogP contribution in [0.15, 0.2) is 71.8 Å². The molecule has 12 nitrogen and oxygen atoms in total. The summed E-state index contributed by atoms with van der Waals surface area (Å²) < 4.78 is 0. The average Bonchev–Trinajstić information content (AvgIpc) is 3.10. The summed E-state index contributed by atoms with van der Waals surface area (Å²) in [6.07, 6.45) is 2.52. The Labute approximate surface area is 287 Å². The minimum atomic E-state index is -0.508. The molecule has 0 N–H and O–H groups in total. The van der Waals surface area contributed by atoms with Gasteiger partial charge in [-0.2, -0.15) is 0 Å². The van der Waals surface area contributed by atoms with E-state index in [1.807, 2.05) is 72.7 Å². The lowest BCUT2D eigenvalue weighted by Crippen LogP contribution is -2.19. The van der Waals surface area contributed by atoms with Gasteiger partial charge in [0.05, 0.1) is 4.92 Å². The van der Waals surface area contributed by atoms with Gasteiger partial charge in [-0.1, -0.05) is 84.2 Å². The van der Waals surface area contributed by atoms with E-state index >= 15 is 0 Å². The molecule has 48 heavy (non-hydrogen) atoms. The fourth-order valence-electron chi connectivity index (χ4n) is 3.05. The highest BCUT2D eigenvalue weighted by Crippen LogP contribution is 2.24. The Balaban J connectivity index is -0.000000536. The van der Waals surface area contributed by atoms with Gasteiger partial charge in [0.2, 0.25) is 19.2 Å². The highest BCUT2D eigenvalue weighted by Gasteiger charge is 2.09. The summed E-state index contributed by atoms with van der Waals surface area (Å²) in [5.41, 5.74) is 13.7. The maximum atomic E-state index is 10.5. The number of rotatable bonds is 10. The van der Waals surface area contributed by atoms with Gasteiger partial charge in [0.15, 0.2) is 0 Å². The Kier molecular flexibility index (Phi) is 29.9. The molecule has 3 amide bonds. The van der Waals surface area contributed by atoms with Crippen molar-refractivity contribution in [1.82, 2.24) is 9.80 Å². The number of carbonyl (C=O) groups excluding carboxylic acids is 3. The van der Waals surface area contributed by atoms with E-state index in [0.717, 1.165) is 44.6 Å². The van der Waals surface area contributed by atoms with Crippen LogP contribution in [0.25, 0.3) is 10.4 Å². The Morgan fingerprint density at radius 2 is 1.19 bits per heavy atom. The first-order valence-corrected chi connectivity index (χ1v) is 15.8. The summed E-state index contributed by atoms with van der Waals surface area (Å²) in [7, 11) is 1.74. The molecule has 0 radical (unpaired) electrons. The minimum absolute atomic E-state index is 0.0371. The Morgan fingerprint density at radius 3 is 1.46 bits per heavy atom. The van der Waals surface area contributed by atoms with Crippen LogP contribution in [0.1, 0.15) is 63.8 Å². The van der Waals surface area contributed by atoms with Crippen LogP contribution < -0.4 is 4.90 Å². The molecule has 0 aliphatic carbocycles. The van der Waals surface area contributed by atoms with E-state index in [1.165, 1.54) is 28.8 Å². The van der Waals surface area contributed by atoms with Gasteiger partial charge >= 0.3 is 0 Å². The van der Waals surface area contributed by atoms with E-state index < -0.39 is 4.92 Å². The Bertz CT molecular complexity index is 1320. The number of nitro benzene ring substituents is 1. The van der Waals surface area contributed by atoms with Gasteiger partial charge in [-0.05, 0) is 73.1 Å². The fourth-order valence-corrected chi connectivity index (χ4v) is 3.05. The molecular weight excluding hydrogens is 610 g/mol. The molecule has 0 heterocycles. The van der Waals surface area contributed by atoms with Crippen LogP contribution in [0.2, 0.25) is 0 Å². The smallest absolute Gasteiger partial charge is 0.272 e. The number of amides is 3. The van der Waals surface area contributed by atoms with Crippen molar-refractivity contribution < 1.29 is 19.3 Å². The maximum Gasteiger partial charge on any atom is 0.272 e. The number of carbonyl (C=O) groups is 3. The number of aryl methyl sites for hydroxylation is 4. The third-order valence-electron chi connectivity index (χ3n) is 6.24. The molecule has 0 bridgehead atoms. The van der Waals surface area contributed by atoms with Crippen LogP contribution in [0, 0.1) is 37.8 Å². The van der Waals surface area contributed by atoms with Crippen molar-refractivity contribution in [3.05, 3.63) is 110 Å². The summed E-state index contributed by atoms with van der Waals surface area (Å²) in [6.45, 7) is 22.8. The van der Waals surface area contributed by atoms with Gasteiger partial charge in [-0.25, -0.2) is 0 Å². The van der Waals surface area contributed by atoms with E-state index in [-0.39, 0.29) is 11.4 Å². The van der Waals surface area contributed by atoms with Crippen LogP contribution in [0.5, 0.6) is 0 Å². The first-order valence-electron chi connectivity index (χ1n) is 15.8. The van der Waals surface area contributed by atoms with Gasteiger partial charge in [0, 0.05) is 61.1 Å². The predicted molar refractivity (Wildman–Crippen MR) is 198 cm³/mol. The summed E-state index contributed by atoms with van der Waals surface area (Å²) in [6, 6.07) is 20.7. The van der Waals surface area contributed by atoms with Crippen molar-refractivity contribution in [2.75, 3.05) is 38.1 Å². The molecule has 3 aromatic rings. The lowest BCUT2D eigenvalue weighted by Gasteiger charge is -2.14. The predicted octanol–water partition coefficient (Wildman–Crippen LogP) is 8.73. The van der Waals surface area contributed by atoms with Crippen LogP contribution >= 0.6 is 0 Å². The second kappa shape index (κ2) is 30.4. The highest BCUT2D eigenvalue weighted by atomic mass is 16.6. The van der Waals surface area contributed by atoms with Crippen molar-refractivity contribution in [1.29, 1.82) is 0 Å². The maximum absolute atomic E-state index is 10.5. The van der Waals surface area contributed by atoms with Crippen molar-refractivity contribution in [3.63, 3.8) is 0 Å². The number of benzene rings is 3. The number of azide groups is 1. The third kappa shape index (κ3) is 23.2. The molecule has 0 saturated carbocycles. The molecule has 3 rings (SSSR count). The topological polar surface area (TPSA) is 153 Å². The third-order valence-corrected chi connectivity index (χ3v) is 6.24. The van der Waals surface area contributed by atoms with E-state index in [9.17, 15) is 24.5 Å². The van der Waals surface area contributed by atoms with Gasteiger partial charge in [-0.3, -0.25) is 24.5 Å². The second-order valence-corrected chi connectivity index (χ2v) is 9.80. The SMILES string of the molecule is CC.CCN(C)C=O.CCN(C=O)CC.CCN(C=O)c1ccc(C)cc1.Cc1ccc(C)cc1.Cc1ccc(N=[N+]=[N-])cc1[N+](=O)[O-]. The summed E-state index contributed by atoms with van der Waals surface area (Å²) >= 11 is 0. The first kappa shape index (κ1) is 47.2. The summed E-state index contributed by atoms with van der Waals surface area (Å²) in [5, 5.41) is 13.7. The van der Waals surface area contributed by atoms with Gasteiger partial charge in [0.25, 0.3) is 5.69 Å². The zero-order chi connectivity index (χ0) is 37.5. The molecule has 12 heteroatoms. The molecular formula is C36H55N7O5. The monoisotopic (exact) mass is 665 g/mol. The van der Waals surface area contributed by atoms with Crippen molar-refractivity contribution in [2.24, 2.45) is 5.11 Å². The molecule has 0 fully saturated rings. The number of hydrogen-bond acceptors (Lipinski definition) is 6. The number of nitro groups is 1. The molecule has 0 unspecified atom stereocenters. The molecule has 0 atom stereocenters. The van der Waals surface area contributed by atoms with Gasteiger partial charge < -0.3 is 14.7 Å². The first-order chi connectivity index (χ1) is 22.9. The van der Waals surface area contributed by atoms with Crippen LogP contribution in [-0.2, 0) is 14.4 Å². The van der Waals surface area contributed by atoms with Crippen molar-refractivity contribution >= 4 is 36.3 Å². The quantitative estimate of drug-likeness (QED) is 0.0529. The standard InChI is InChI=1S/C10H13NO.C8H10.C7H6N4O2.C5H11NO.C4H9NO.C2H6/c1-3-11(8-12)10-6-4-9(2)5-7-10;1-7-3-5-8(2)6-4-7;1-5-2-3-6(9-10-8)4-7(5)11(12)13;1-3-6(4-2)5-7;1-3-5(2)4-6;1-2/h4-8H,3H2,1-2H3;3-6H,1-2H3;2-4H,1H3;5H,3-4H2,1-2H3;4H,3H2,1-2H3;1-2H3. The minimum Gasteiger partial charge on any atom is -0.349 e. The zero-order valence-corrected chi connectivity index (χ0v) is 30.6. The zero-order valence-electron chi connectivity index (χ0n) is 30.6. The van der Waals surface area contributed by atoms with Crippen molar-refractivity contribution in [2.45, 2.75) is 69.2 Å². The number of hydrogen-bond donors (Lipinski definition) is 0. The number of nitrogens with zero attached hydrogens (tertiary/aromatic N) is 7. The lowest BCUT2D eigenvalue weighted by molar-refractivity contribution is -0.385. The molecule has 0 aromatic heterocycles. The molecule has 0 saturated heterocycles. The fraction of sp³-hybridized carbons (Fsp3) is 0.417. The largest absolute Gasteiger partial charge is 0.349 e. The molecule has 264 valence electrons. The van der Waals surface area contributed by atoms with Crippen molar-refractivity contribution in [3.8, 4) is 0 Å². The van der Waals surface area contributed by atoms with E-state index in [2.05, 4.69) is 48.1 Å². The lowest BCUT2D eigenvalue weighted by atomic mass is 10.2. The summed E-state index contributed by atoms with van der Waals surface area (Å²) in [5.74, 6) is 0. The van der Waals surface area contributed by atoms with E-state index in [1.54, 1.807) is 34.7 Å². The van der Waals surface area contributed by atoms with Gasteiger partial charge in [-0.15, -0.1) is 0 Å². The molecule has 0 aliphatic heterocycles. The molecule has 0 spiro atoms.